The van der Waals surface area contributed by atoms with Crippen molar-refractivity contribution in [2.45, 2.75) is 43.9 Å². The topological polar surface area (TPSA) is 193 Å². The van der Waals surface area contributed by atoms with Gasteiger partial charge < -0.3 is 42.2 Å². The van der Waals surface area contributed by atoms with Gasteiger partial charge in [0.2, 0.25) is 5.91 Å². The number of aliphatic imine (C=N–C) groups is 1. The van der Waals surface area contributed by atoms with Gasteiger partial charge in [-0.15, -0.1) is 0 Å². The number of rotatable bonds is 8. The Bertz CT molecular complexity index is 908. The molecular weight excluding hydrogens is 432 g/mol. The predicted molar refractivity (Wildman–Crippen MR) is 107 cm³/mol. The molecule has 9 N–H and O–H groups in total. The molecule has 176 valence electrons. The minimum Gasteiger partial charge on any atom is -0.480 e. The zero-order valence-electron chi connectivity index (χ0n) is 17.0. The fraction of sp³-hybridized carbons (Fsp3) is 0.421. The number of amides is 2. The highest BCUT2D eigenvalue weighted by Gasteiger charge is 2.43. The van der Waals surface area contributed by atoms with E-state index in [0.29, 0.717) is 0 Å². The molecule has 2 rings (SSSR count). The lowest BCUT2D eigenvalue weighted by Gasteiger charge is -2.39. The maximum atomic E-state index is 13.4. The Morgan fingerprint density at radius 3 is 2.50 bits per heavy atom. The van der Waals surface area contributed by atoms with Crippen LogP contribution in [0.15, 0.2) is 35.0 Å². The molecule has 0 saturated carbocycles. The Kier molecular flexibility index (Phi) is 8.46. The fourth-order valence-electron chi connectivity index (χ4n) is 3.06. The van der Waals surface area contributed by atoms with Gasteiger partial charge >= 0.3 is 0 Å². The van der Waals surface area contributed by atoms with Gasteiger partial charge in [0.1, 0.15) is 18.3 Å². The maximum absolute atomic E-state index is 13.4. The number of halogens is 2. The normalized spacial score (nSPS) is 22.1. The highest BCUT2D eigenvalue weighted by molar-refractivity contribution is 5.92. The first-order valence-electron chi connectivity index (χ1n) is 9.47. The van der Waals surface area contributed by atoms with Crippen molar-refractivity contribution in [1.29, 1.82) is 0 Å². The quantitative estimate of drug-likeness (QED) is 0.168. The second kappa shape index (κ2) is 10.8. The highest BCUT2D eigenvalue weighted by atomic mass is 19.2. The maximum Gasteiger partial charge on any atom is 0.286 e. The van der Waals surface area contributed by atoms with E-state index >= 15 is 0 Å². The molecule has 0 unspecified atom stereocenters. The summed E-state index contributed by atoms with van der Waals surface area (Å²) in [6.45, 7) is 0.166. The summed E-state index contributed by atoms with van der Waals surface area (Å²) in [5.41, 5.74) is 11.1. The molecule has 0 aliphatic carbocycles. The zero-order valence-corrected chi connectivity index (χ0v) is 17.0. The molecule has 1 aliphatic heterocycles. The number of nitrogens with one attached hydrogen (secondary N) is 2. The molecule has 1 aliphatic rings. The average Bonchev–Trinajstić information content (AvgIpc) is 2.73. The lowest BCUT2D eigenvalue weighted by molar-refractivity contribution is -0.134. The van der Waals surface area contributed by atoms with Crippen molar-refractivity contribution in [2.75, 3.05) is 6.61 Å². The highest BCUT2D eigenvalue weighted by Crippen LogP contribution is 2.25. The molecule has 0 aromatic heterocycles. The second-order valence-corrected chi connectivity index (χ2v) is 7.06. The van der Waals surface area contributed by atoms with Crippen LogP contribution in [-0.2, 0) is 20.9 Å². The molecule has 1 aromatic rings. The third kappa shape index (κ3) is 6.35. The summed E-state index contributed by atoms with van der Waals surface area (Å²) >= 11 is 0. The van der Waals surface area contributed by atoms with Crippen molar-refractivity contribution in [3.63, 3.8) is 0 Å². The number of ether oxygens (including phenoxy) is 1. The number of hydrogen-bond donors (Lipinski definition) is 7. The average molecular weight is 457 g/mol. The van der Waals surface area contributed by atoms with Gasteiger partial charge in [0.15, 0.2) is 23.4 Å². The monoisotopic (exact) mass is 457 g/mol. The Morgan fingerprint density at radius 1 is 1.25 bits per heavy atom. The summed E-state index contributed by atoms with van der Waals surface area (Å²) in [6, 6.07) is 0.905. The first-order chi connectivity index (χ1) is 15.0. The van der Waals surface area contributed by atoms with Crippen molar-refractivity contribution in [1.82, 2.24) is 10.6 Å². The predicted octanol–water partition coefficient (Wildman–Crippen LogP) is -2.28. The van der Waals surface area contributed by atoms with E-state index in [1.54, 1.807) is 0 Å². The Balaban J connectivity index is 2.31. The number of carbonyl (C=O) groups excluding carboxylic acids is 2. The first-order valence-corrected chi connectivity index (χ1v) is 9.47. The lowest BCUT2D eigenvalue weighted by Crippen LogP contribution is -2.60. The van der Waals surface area contributed by atoms with E-state index in [9.17, 15) is 33.7 Å². The molecule has 11 nitrogen and oxygen atoms in total. The molecule has 0 spiro atoms. The summed E-state index contributed by atoms with van der Waals surface area (Å²) in [6.07, 6.45) is -3.64. The Hall–Kier alpha value is -3.29. The van der Waals surface area contributed by atoms with Crippen LogP contribution in [0.5, 0.6) is 0 Å². The van der Waals surface area contributed by atoms with Crippen molar-refractivity contribution in [3.05, 3.63) is 47.2 Å². The largest absolute Gasteiger partial charge is 0.480 e. The summed E-state index contributed by atoms with van der Waals surface area (Å²) in [4.78, 5) is 28.2. The molecule has 0 saturated heterocycles. The third-order valence-corrected chi connectivity index (χ3v) is 4.55. The van der Waals surface area contributed by atoms with Gasteiger partial charge in [-0.2, -0.15) is 0 Å². The molecule has 13 heteroatoms. The molecular formula is C19H25F2N5O6. The minimum atomic E-state index is -1.74. The van der Waals surface area contributed by atoms with Crippen LogP contribution in [0.1, 0.15) is 12.5 Å². The molecule has 5 atom stereocenters. The van der Waals surface area contributed by atoms with E-state index < -0.39 is 60.5 Å². The van der Waals surface area contributed by atoms with Gasteiger partial charge in [-0.3, -0.25) is 9.59 Å². The van der Waals surface area contributed by atoms with Crippen LogP contribution in [0.2, 0.25) is 0 Å². The van der Waals surface area contributed by atoms with Gasteiger partial charge in [0.25, 0.3) is 5.91 Å². The Labute approximate surface area is 181 Å². The molecule has 32 heavy (non-hydrogen) atoms. The SMILES string of the molecule is CC(=O)N[C@H]1[C@H]([C@H](O)[C@H](O)CO)OC(C(=O)NCc2ccc(F)c(F)c2)=C[C@@H]1N=C(N)N. The van der Waals surface area contributed by atoms with Gasteiger partial charge in [0.05, 0.1) is 18.7 Å². The van der Waals surface area contributed by atoms with Crippen molar-refractivity contribution >= 4 is 17.8 Å². The number of carbonyl (C=O) groups is 2. The summed E-state index contributed by atoms with van der Waals surface area (Å²) in [5, 5.41) is 34.4. The van der Waals surface area contributed by atoms with Gasteiger partial charge in [0, 0.05) is 13.5 Å². The number of hydrogen-bond acceptors (Lipinski definition) is 7. The number of aliphatic hydroxyl groups is 3. The fourth-order valence-corrected chi connectivity index (χ4v) is 3.06. The van der Waals surface area contributed by atoms with E-state index in [4.69, 9.17) is 16.2 Å². The van der Waals surface area contributed by atoms with Crippen LogP contribution >= 0.6 is 0 Å². The van der Waals surface area contributed by atoms with Crippen LogP contribution in [0, 0.1) is 11.6 Å². The van der Waals surface area contributed by atoms with Gasteiger partial charge in [-0.25, -0.2) is 13.8 Å². The molecule has 0 radical (unpaired) electrons. The van der Waals surface area contributed by atoms with Gasteiger partial charge in [-0.1, -0.05) is 6.07 Å². The van der Waals surface area contributed by atoms with E-state index in [1.165, 1.54) is 19.1 Å². The number of nitrogens with two attached hydrogens (primary N) is 2. The number of aliphatic hydroxyl groups excluding tert-OH is 3. The Morgan fingerprint density at radius 2 is 1.94 bits per heavy atom. The molecule has 2 amide bonds. The summed E-state index contributed by atoms with van der Waals surface area (Å²) < 4.78 is 31.9. The molecule has 0 bridgehead atoms. The smallest absolute Gasteiger partial charge is 0.286 e. The molecule has 0 fully saturated rings. The second-order valence-electron chi connectivity index (χ2n) is 7.06. The summed E-state index contributed by atoms with van der Waals surface area (Å²) in [7, 11) is 0. The van der Waals surface area contributed by atoms with Gasteiger partial charge in [-0.05, 0) is 23.8 Å². The first kappa shape index (κ1) is 25.0. The number of benzene rings is 1. The minimum absolute atomic E-state index is 0.189. The number of nitrogens with zero attached hydrogens (tertiary/aromatic N) is 1. The molecule has 1 aromatic carbocycles. The van der Waals surface area contributed by atoms with Crippen LogP contribution in [0.3, 0.4) is 0 Å². The van der Waals surface area contributed by atoms with Crippen LogP contribution in [0.4, 0.5) is 8.78 Å². The van der Waals surface area contributed by atoms with E-state index in [2.05, 4.69) is 15.6 Å². The third-order valence-electron chi connectivity index (χ3n) is 4.55. The van der Waals surface area contributed by atoms with E-state index in [0.717, 1.165) is 12.1 Å². The van der Waals surface area contributed by atoms with Crippen molar-refractivity contribution in [2.24, 2.45) is 16.5 Å². The standard InChI is InChI=1S/C19H25F2N5O6/c1-8(28)25-15-12(26-19(22)23)5-14(32-17(15)16(30)13(29)7-27)18(31)24-6-9-2-3-10(20)11(21)4-9/h2-5,12-13,15-17,27,29-30H,6-7H2,1H3,(H,24,31)(H,25,28)(H4,22,23,26)/t12-,13+,15+,16+,17+/m0/s1. The van der Waals surface area contributed by atoms with Crippen molar-refractivity contribution < 1.29 is 38.4 Å². The van der Waals surface area contributed by atoms with Crippen LogP contribution in [0.25, 0.3) is 0 Å². The number of guanidine groups is 1. The lowest BCUT2D eigenvalue weighted by atomic mass is 9.92. The summed E-state index contributed by atoms with van der Waals surface area (Å²) in [5.74, 6) is -4.23. The van der Waals surface area contributed by atoms with Crippen LogP contribution in [-0.4, -0.2) is 70.1 Å². The van der Waals surface area contributed by atoms with E-state index in [-0.39, 0.29) is 23.8 Å². The van der Waals surface area contributed by atoms with Crippen LogP contribution < -0.4 is 22.1 Å². The zero-order chi connectivity index (χ0) is 24.0. The van der Waals surface area contributed by atoms with Crippen molar-refractivity contribution in [3.8, 4) is 0 Å². The van der Waals surface area contributed by atoms with E-state index in [1.807, 2.05) is 0 Å². The molecule has 1 heterocycles.